The molecule has 0 saturated heterocycles. The number of carbonyl (C=O) groups excluding carboxylic acids is 1. The fourth-order valence-electron chi connectivity index (χ4n) is 1.77. The van der Waals surface area contributed by atoms with Crippen LogP contribution in [0.5, 0.6) is 0 Å². The molecule has 0 aromatic heterocycles. The van der Waals surface area contributed by atoms with Gasteiger partial charge in [-0.1, -0.05) is 12.1 Å². The van der Waals surface area contributed by atoms with Crippen molar-refractivity contribution in [3.05, 3.63) is 35.6 Å². The molecule has 0 heterocycles. The van der Waals surface area contributed by atoms with Gasteiger partial charge in [0.25, 0.3) is 0 Å². The van der Waals surface area contributed by atoms with Crippen molar-refractivity contribution in [2.24, 2.45) is 0 Å². The Balaban J connectivity index is 2.57. The lowest BCUT2D eigenvalue weighted by Crippen LogP contribution is -2.43. The molecule has 1 aromatic carbocycles. The summed E-state index contributed by atoms with van der Waals surface area (Å²) in [6.07, 6.45) is -0.931. The highest BCUT2D eigenvalue weighted by Gasteiger charge is 2.19. The zero-order valence-corrected chi connectivity index (χ0v) is 12.4. The first-order chi connectivity index (χ1) is 9.31. The summed E-state index contributed by atoms with van der Waals surface area (Å²) < 4.78 is 13.1. The van der Waals surface area contributed by atoms with E-state index in [2.05, 4.69) is 5.32 Å². The van der Waals surface area contributed by atoms with E-state index in [-0.39, 0.29) is 18.5 Å². The predicted molar refractivity (Wildman–Crippen MR) is 76.7 cm³/mol. The van der Waals surface area contributed by atoms with Crippen molar-refractivity contribution in [3.8, 4) is 0 Å². The molecule has 112 valence electrons. The molecule has 0 saturated carbocycles. The molecular formula is C15H23FN2O2. The van der Waals surface area contributed by atoms with Gasteiger partial charge in [-0.3, -0.25) is 9.69 Å². The third-order valence-corrected chi connectivity index (χ3v) is 3.33. The van der Waals surface area contributed by atoms with E-state index in [9.17, 15) is 14.3 Å². The van der Waals surface area contributed by atoms with Gasteiger partial charge in [0.2, 0.25) is 5.91 Å². The largest absolute Gasteiger partial charge is 0.386 e. The molecule has 0 aliphatic carbocycles. The van der Waals surface area contributed by atoms with Crippen LogP contribution in [-0.4, -0.2) is 41.6 Å². The highest BCUT2D eigenvalue weighted by Crippen LogP contribution is 2.17. The zero-order valence-electron chi connectivity index (χ0n) is 12.4. The second kappa shape index (κ2) is 7.36. The Bertz CT molecular complexity index is 451. The summed E-state index contributed by atoms with van der Waals surface area (Å²) in [7, 11) is 1.86. The van der Waals surface area contributed by atoms with Crippen molar-refractivity contribution in [1.29, 1.82) is 0 Å². The summed E-state index contributed by atoms with van der Waals surface area (Å²) >= 11 is 0. The molecule has 2 N–H and O–H groups in total. The fourth-order valence-corrected chi connectivity index (χ4v) is 1.77. The molecule has 0 radical (unpaired) electrons. The van der Waals surface area contributed by atoms with Gasteiger partial charge in [0, 0.05) is 6.04 Å². The number of aliphatic hydroxyl groups excluding tert-OH is 1. The normalized spacial score (nSPS) is 14.4. The van der Waals surface area contributed by atoms with Crippen LogP contribution < -0.4 is 5.32 Å². The number of nitrogens with zero attached hydrogens (tertiary/aromatic N) is 1. The Morgan fingerprint density at radius 1 is 1.40 bits per heavy atom. The highest BCUT2D eigenvalue weighted by atomic mass is 19.1. The third kappa shape index (κ3) is 4.90. The summed E-state index contributed by atoms with van der Waals surface area (Å²) in [6.45, 7) is 5.96. The van der Waals surface area contributed by atoms with Crippen molar-refractivity contribution in [3.63, 3.8) is 0 Å². The number of halogens is 1. The Morgan fingerprint density at radius 2 is 2.05 bits per heavy atom. The van der Waals surface area contributed by atoms with Gasteiger partial charge < -0.3 is 10.4 Å². The predicted octanol–water partition coefficient (Wildman–Crippen LogP) is 1.70. The highest BCUT2D eigenvalue weighted by molar-refractivity contribution is 5.78. The van der Waals surface area contributed by atoms with Crippen molar-refractivity contribution < 1.29 is 14.3 Å². The molecule has 0 bridgehead atoms. The van der Waals surface area contributed by atoms with Crippen LogP contribution in [0.4, 0.5) is 4.39 Å². The maximum Gasteiger partial charge on any atom is 0.234 e. The van der Waals surface area contributed by atoms with Gasteiger partial charge in [-0.25, -0.2) is 4.39 Å². The molecule has 4 nitrogen and oxygen atoms in total. The molecule has 5 heteroatoms. The Kier molecular flexibility index (Phi) is 6.10. The van der Waals surface area contributed by atoms with Crippen LogP contribution in [0.2, 0.25) is 0 Å². The van der Waals surface area contributed by atoms with E-state index in [1.165, 1.54) is 18.2 Å². The lowest BCUT2D eigenvalue weighted by Gasteiger charge is -2.24. The van der Waals surface area contributed by atoms with E-state index >= 15 is 0 Å². The van der Waals surface area contributed by atoms with Crippen LogP contribution in [0.1, 0.15) is 32.4 Å². The van der Waals surface area contributed by atoms with Crippen LogP contribution in [0, 0.1) is 5.82 Å². The van der Waals surface area contributed by atoms with E-state index in [1.54, 1.807) is 13.0 Å². The van der Waals surface area contributed by atoms with Crippen LogP contribution in [0.3, 0.4) is 0 Å². The molecule has 0 unspecified atom stereocenters. The van der Waals surface area contributed by atoms with Crippen molar-refractivity contribution in [2.75, 3.05) is 13.6 Å². The lowest BCUT2D eigenvalue weighted by atomic mass is 10.0. The third-order valence-electron chi connectivity index (χ3n) is 3.33. The van der Waals surface area contributed by atoms with Crippen molar-refractivity contribution >= 4 is 5.91 Å². The maximum absolute atomic E-state index is 13.1. The number of aliphatic hydroxyl groups is 1. The van der Waals surface area contributed by atoms with Gasteiger partial charge in [0.05, 0.1) is 18.7 Å². The molecular weight excluding hydrogens is 259 g/mol. The molecule has 1 rings (SSSR count). The number of rotatable bonds is 6. The molecule has 0 fully saturated rings. The van der Waals surface area contributed by atoms with Crippen molar-refractivity contribution in [1.82, 2.24) is 10.2 Å². The van der Waals surface area contributed by atoms with Crippen LogP contribution >= 0.6 is 0 Å². The van der Waals surface area contributed by atoms with E-state index in [0.29, 0.717) is 5.56 Å². The maximum atomic E-state index is 13.1. The smallest absolute Gasteiger partial charge is 0.234 e. The first-order valence-electron chi connectivity index (χ1n) is 6.74. The van der Waals surface area contributed by atoms with Gasteiger partial charge in [-0.15, -0.1) is 0 Å². The minimum Gasteiger partial charge on any atom is -0.386 e. The van der Waals surface area contributed by atoms with Crippen LogP contribution in [0.25, 0.3) is 0 Å². The fraction of sp³-hybridized carbons (Fsp3) is 0.533. The second-order valence-electron chi connectivity index (χ2n) is 5.36. The van der Waals surface area contributed by atoms with E-state index in [0.717, 1.165) is 0 Å². The SMILES string of the molecule is CC(C)N(C)CC(=O)N[C@H](C)[C@H](O)c1cccc(F)c1. The summed E-state index contributed by atoms with van der Waals surface area (Å²) in [5.74, 6) is -0.566. The zero-order chi connectivity index (χ0) is 15.3. The Labute approximate surface area is 119 Å². The summed E-state index contributed by atoms with van der Waals surface area (Å²) in [5, 5.41) is 12.8. The molecule has 20 heavy (non-hydrogen) atoms. The summed E-state index contributed by atoms with van der Waals surface area (Å²) in [4.78, 5) is 13.7. The first kappa shape index (κ1) is 16.6. The molecule has 0 aliphatic heterocycles. The summed E-state index contributed by atoms with van der Waals surface area (Å²) in [5.41, 5.74) is 0.454. The number of benzene rings is 1. The van der Waals surface area contributed by atoms with E-state index in [1.807, 2.05) is 25.8 Å². The molecule has 1 aromatic rings. The molecule has 0 aliphatic rings. The molecule has 0 spiro atoms. The number of likely N-dealkylation sites (N-methyl/N-ethyl adjacent to an activating group) is 1. The second-order valence-corrected chi connectivity index (χ2v) is 5.36. The standard InChI is InChI=1S/C15H23FN2O2/c1-10(2)18(4)9-14(19)17-11(3)15(20)12-6-5-7-13(16)8-12/h5-8,10-11,15,20H,9H2,1-4H3,(H,17,19)/t11-,15+/m1/s1. The number of hydrogen-bond donors (Lipinski definition) is 2. The first-order valence-corrected chi connectivity index (χ1v) is 6.74. The number of nitrogens with one attached hydrogen (secondary N) is 1. The monoisotopic (exact) mass is 282 g/mol. The van der Waals surface area contributed by atoms with Gasteiger partial charge in [-0.05, 0) is 45.5 Å². The summed E-state index contributed by atoms with van der Waals surface area (Å²) in [6, 6.07) is 5.55. The minimum atomic E-state index is -0.931. The van der Waals surface area contributed by atoms with Gasteiger partial charge >= 0.3 is 0 Å². The van der Waals surface area contributed by atoms with E-state index < -0.39 is 18.0 Å². The minimum absolute atomic E-state index is 0.163. The Morgan fingerprint density at radius 3 is 2.60 bits per heavy atom. The Hall–Kier alpha value is -1.46. The van der Waals surface area contributed by atoms with Gasteiger partial charge in [0.15, 0.2) is 0 Å². The van der Waals surface area contributed by atoms with Gasteiger partial charge in [-0.2, -0.15) is 0 Å². The average Bonchev–Trinajstić information content (AvgIpc) is 2.37. The van der Waals surface area contributed by atoms with Crippen LogP contribution in [-0.2, 0) is 4.79 Å². The van der Waals surface area contributed by atoms with Gasteiger partial charge in [0.1, 0.15) is 5.82 Å². The van der Waals surface area contributed by atoms with E-state index in [4.69, 9.17) is 0 Å². The molecule has 1 amide bonds. The number of amides is 1. The topological polar surface area (TPSA) is 52.6 Å². The lowest BCUT2D eigenvalue weighted by molar-refractivity contribution is -0.123. The number of carbonyl (C=O) groups is 1. The quantitative estimate of drug-likeness (QED) is 0.835. The molecule has 2 atom stereocenters. The van der Waals surface area contributed by atoms with Crippen molar-refractivity contribution in [2.45, 2.75) is 39.0 Å². The number of hydrogen-bond acceptors (Lipinski definition) is 3. The van der Waals surface area contributed by atoms with Crippen LogP contribution in [0.15, 0.2) is 24.3 Å². The average molecular weight is 282 g/mol.